The van der Waals surface area contributed by atoms with Gasteiger partial charge in [-0.3, -0.25) is 4.79 Å². The first-order valence-electron chi connectivity index (χ1n) is 6.05. The second kappa shape index (κ2) is 5.69. The van der Waals surface area contributed by atoms with Gasteiger partial charge >= 0.3 is 0 Å². The predicted molar refractivity (Wildman–Crippen MR) is 73.1 cm³/mol. The molecule has 1 amide bonds. The zero-order chi connectivity index (χ0) is 14.7. The highest BCUT2D eigenvalue weighted by atomic mass is 19.1. The van der Waals surface area contributed by atoms with E-state index in [1.807, 2.05) is 31.2 Å². The van der Waals surface area contributed by atoms with Crippen LogP contribution < -0.4 is 11.1 Å². The lowest BCUT2D eigenvalue weighted by Crippen LogP contribution is -2.24. The fourth-order valence-corrected chi connectivity index (χ4v) is 1.88. The SMILES string of the molecule is Cc1cccc(CNC(=O)c2cc(F)cc(N)c2F)c1. The summed E-state index contributed by atoms with van der Waals surface area (Å²) in [5.41, 5.74) is 6.45. The molecule has 0 bridgehead atoms. The van der Waals surface area contributed by atoms with Gasteiger partial charge in [-0.1, -0.05) is 29.8 Å². The number of anilines is 1. The van der Waals surface area contributed by atoms with Crippen LogP contribution in [-0.4, -0.2) is 5.91 Å². The van der Waals surface area contributed by atoms with E-state index in [2.05, 4.69) is 5.32 Å². The van der Waals surface area contributed by atoms with Crippen molar-refractivity contribution in [2.45, 2.75) is 13.5 Å². The highest BCUT2D eigenvalue weighted by Crippen LogP contribution is 2.17. The molecule has 0 atom stereocenters. The normalized spacial score (nSPS) is 10.3. The van der Waals surface area contributed by atoms with Gasteiger partial charge < -0.3 is 11.1 Å². The average molecular weight is 276 g/mol. The van der Waals surface area contributed by atoms with Crippen molar-refractivity contribution < 1.29 is 13.6 Å². The highest BCUT2D eigenvalue weighted by Gasteiger charge is 2.15. The van der Waals surface area contributed by atoms with Gasteiger partial charge in [0.15, 0.2) is 5.82 Å². The van der Waals surface area contributed by atoms with E-state index in [0.717, 1.165) is 23.3 Å². The molecule has 3 N–H and O–H groups in total. The number of amides is 1. The molecule has 0 radical (unpaired) electrons. The van der Waals surface area contributed by atoms with Crippen LogP contribution in [0.3, 0.4) is 0 Å². The summed E-state index contributed by atoms with van der Waals surface area (Å²) in [5.74, 6) is -2.35. The topological polar surface area (TPSA) is 55.1 Å². The van der Waals surface area contributed by atoms with Gasteiger partial charge in [0, 0.05) is 6.54 Å². The maximum atomic E-state index is 13.7. The molecule has 0 saturated carbocycles. The third-order valence-corrected chi connectivity index (χ3v) is 2.85. The molecule has 0 aliphatic heterocycles. The summed E-state index contributed by atoms with van der Waals surface area (Å²) in [6.45, 7) is 2.16. The number of hydrogen-bond donors (Lipinski definition) is 2. The number of halogens is 2. The van der Waals surface area contributed by atoms with E-state index in [1.54, 1.807) is 0 Å². The molecule has 0 fully saturated rings. The minimum atomic E-state index is -0.909. The zero-order valence-corrected chi connectivity index (χ0v) is 10.9. The molecule has 3 nitrogen and oxygen atoms in total. The van der Waals surface area contributed by atoms with E-state index in [0.29, 0.717) is 0 Å². The van der Waals surface area contributed by atoms with Crippen molar-refractivity contribution in [1.82, 2.24) is 5.32 Å². The van der Waals surface area contributed by atoms with Crippen LogP contribution in [-0.2, 0) is 6.54 Å². The van der Waals surface area contributed by atoms with E-state index < -0.39 is 23.1 Å². The largest absolute Gasteiger partial charge is 0.396 e. The van der Waals surface area contributed by atoms with Crippen molar-refractivity contribution in [2.24, 2.45) is 0 Å². The van der Waals surface area contributed by atoms with Crippen LogP contribution in [0.15, 0.2) is 36.4 Å². The number of nitrogens with two attached hydrogens (primary N) is 1. The van der Waals surface area contributed by atoms with Crippen molar-refractivity contribution in [1.29, 1.82) is 0 Å². The Balaban J connectivity index is 2.13. The van der Waals surface area contributed by atoms with Crippen LogP contribution in [0.5, 0.6) is 0 Å². The summed E-state index contributed by atoms with van der Waals surface area (Å²) in [4.78, 5) is 11.9. The van der Waals surface area contributed by atoms with Gasteiger partial charge in [0.1, 0.15) is 5.82 Å². The molecule has 0 saturated heterocycles. The van der Waals surface area contributed by atoms with E-state index >= 15 is 0 Å². The predicted octanol–water partition coefficient (Wildman–Crippen LogP) is 2.79. The number of nitrogen functional groups attached to an aromatic ring is 1. The number of rotatable bonds is 3. The maximum Gasteiger partial charge on any atom is 0.254 e. The molecule has 20 heavy (non-hydrogen) atoms. The van der Waals surface area contributed by atoms with Gasteiger partial charge in [-0.25, -0.2) is 8.78 Å². The Labute approximate surface area is 115 Å². The minimum Gasteiger partial charge on any atom is -0.396 e. The maximum absolute atomic E-state index is 13.7. The summed E-state index contributed by atoms with van der Waals surface area (Å²) in [5, 5.41) is 2.54. The average Bonchev–Trinajstić information content (AvgIpc) is 2.40. The molecule has 0 spiro atoms. The first-order valence-corrected chi connectivity index (χ1v) is 6.05. The Morgan fingerprint density at radius 3 is 2.70 bits per heavy atom. The summed E-state index contributed by atoms with van der Waals surface area (Å²) < 4.78 is 26.8. The highest BCUT2D eigenvalue weighted by molar-refractivity contribution is 5.95. The van der Waals surface area contributed by atoms with E-state index in [-0.39, 0.29) is 12.2 Å². The number of nitrogens with one attached hydrogen (secondary N) is 1. The molecule has 0 aliphatic rings. The Morgan fingerprint density at radius 2 is 2.00 bits per heavy atom. The Morgan fingerprint density at radius 1 is 1.25 bits per heavy atom. The smallest absolute Gasteiger partial charge is 0.254 e. The van der Waals surface area contributed by atoms with Crippen LogP contribution in [0, 0.1) is 18.6 Å². The Kier molecular flexibility index (Phi) is 3.98. The molecule has 2 aromatic carbocycles. The summed E-state index contributed by atoms with van der Waals surface area (Å²) >= 11 is 0. The summed E-state index contributed by atoms with van der Waals surface area (Å²) in [6, 6.07) is 9.19. The van der Waals surface area contributed by atoms with Crippen LogP contribution in [0.2, 0.25) is 0 Å². The van der Waals surface area contributed by atoms with E-state index in [9.17, 15) is 13.6 Å². The molecule has 2 aromatic rings. The number of carbonyl (C=O) groups is 1. The van der Waals surface area contributed by atoms with Crippen LogP contribution in [0.25, 0.3) is 0 Å². The monoisotopic (exact) mass is 276 g/mol. The minimum absolute atomic E-state index is 0.233. The molecule has 0 unspecified atom stereocenters. The lowest BCUT2D eigenvalue weighted by molar-refractivity contribution is 0.0946. The van der Waals surface area contributed by atoms with E-state index in [1.165, 1.54) is 0 Å². The first-order chi connectivity index (χ1) is 9.47. The fraction of sp³-hybridized carbons (Fsp3) is 0.133. The van der Waals surface area contributed by atoms with Crippen molar-refractivity contribution >= 4 is 11.6 Å². The van der Waals surface area contributed by atoms with Gasteiger partial charge in [0.2, 0.25) is 0 Å². The molecule has 0 aromatic heterocycles. The molecular weight excluding hydrogens is 262 g/mol. The van der Waals surface area contributed by atoms with Gasteiger partial charge in [-0.05, 0) is 24.6 Å². The molecule has 2 rings (SSSR count). The number of aryl methyl sites for hydroxylation is 1. The zero-order valence-electron chi connectivity index (χ0n) is 10.9. The van der Waals surface area contributed by atoms with Crippen LogP contribution >= 0.6 is 0 Å². The second-order valence-corrected chi connectivity index (χ2v) is 4.53. The lowest BCUT2D eigenvalue weighted by atomic mass is 10.1. The fourth-order valence-electron chi connectivity index (χ4n) is 1.88. The van der Waals surface area contributed by atoms with Gasteiger partial charge in [0.05, 0.1) is 11.3 Å². The van der Waals surface area contributed by atoms with Crippen molar-refractivity contribution in [3.63, 3.8) is 0 Å². The third-order valence-electron chi connectivity index (χ3n) is 2.85. The first kappa shape index (κ1) is 14.0. The van der Waals surface area contributed by atoms with Gasteiger partial charge in [-0.2, -0.15) is 0 Å². The quantitative estimate of drug-likeness (QED) is 0.847. The van der Waals surface area contributed by atoms with Crippen LogP contribution in [0.1, 0.15) is 21.5 Å². The molecule has 104 valence electrons. The van der Waals surface area contributed by atoms with Crippen molar-refractivity contribution in [3.8, 4) is 0 Å². The molecule has 5 heteroatoms. The summed E-state index contributed by atoms with van der Waals surface area (Å²) in [6.07, 6.45) is 0. The Bertz CT molecular complexity index is 656. The Hall–Kier alpha value is -2.43. The van der Waals surface area contributed by atoms with E-state index in [4.69, 9.17) is 5.73 Å². The second-order valence-electron chi connectivity index (χ2n) is 4.53. The third kappa shape index (κ3) is 3.12. The van der Waals surface area contributed by atoms with Crippen LogP contribution in [0.4, 0.5) is 14.5 Å². The summed E-state index contributed by atoms with van der Waals surface area (Å²) in [7, 11) is 0. The molecule has 0 aliphatic carbocycles. The van der Waals surface area contributed by atoms with Crippen molar-refractivity contribution in [3.05, 3.63) is 64.7 Å². The number of carbonyl (C=O) groups excluding carboxylic acids is 1. The number of hydrogen-bond acceptors (Lipinski definition) is 2. The number of benzene rings is 2. The van der Waals surface area contributed by atoms with Gasteiger partial charge in [-0.15, -0.1) is 0 Å². The molecule has 0 heterocycles. The molecular formula is C15H14F2N2O. The lowest BCUT2D eigenvalue weighted by Gasteiger charge is -2.08. The standard InChI is InChI=1S/C15H14F2N2O/c1-9-3-2-4-10(5-9)8-19-15(20)12-6-11(16)7-13(18)14(12)17/h2-7H,8,18H2,1H3,(H,19,20). The van der Waals surface area contributed by atoms with Crippen molar-refractivity contribution in [2.75, 3.05) is 5.73 Å². The van der Waals surface area contributed by atoms with Gasteiger partial charge in [0.25, 0.3) is 5.91 Å².